The first-order chi connectivity index (χ1) is 11.3. The number of sulfonamides is 1. The maximum Gasteiger partial charge on any atom is 0.411 e. The molecule has 1 aromatic rings. The molecule has 1 rings (SSSR count). The lowest BCUT2D eigenvalue weighted by Crippen LogP contribution is -2.32. The number of anilines is 1. The summed E-state index contributed by atoms with van der Waals surface area (Å²) in [5.74, 6) is 0.381. The third-order valence-corrected chi connectivity index (χ3v) is 4.74. The van der Waals surface area contributed by atoms with Crippen LogP contribution in [0.4, 0.5) is 10.5 Å². The van der Waals surface area contributed by atoms with Gasteiger partial charge < -0.3 is 9.47 Å². The Hall–Kier alpha value is -1.80. The normalized spacial score (nSPS) is 12.5. The summed E-state index contributed by atoms with van der Waals surface area (Å²) in [6, 6.07) is 4.16. The van der Waals surface area contributed by atoms with Crippen molar-refractivity contribution in [1.29, 1.82) is 0 Å². The summed E-state index contributed by atoms with van der Waals surface area (Å²) in [6.07, 6.45) is 0.951. The molecule has 1 atom stereocenters. The van der Waals surface area contributed by atoms with Gasteiger partial charge in [0.2, 0.25) is 10.0 Å². The van der Waals surface area contributed by atoms with Gasteiger partial charge in [0.25, 0.3) is 0 Å². The van der Waals surface area contributed by atoms with E-state index >= 15 is 0 Å². The summed E-state index contributed by atoms with van der Waals surface area (Å²) in [6.45, 7) is 7.88. The van der Waals surface area contributed by atoms with E-state index in [0.29, 0.717) is 12.4 Å². The fraction of sp³-hybridized carbons (Fsp3) is 0.562. The maximum atomic E-state index is 12.5. The van der Waals surface area contributed by atoms with E-state index in [4.69, 9.17) is 9.47 Å². The molecular formula is C16H26N2O5S. The molecule has 1 amide bonds. The Labute approximate surface area is 143 Å². The van der Waals surface area contributed by atoms with Gasteiger partial charge in [0, 0.05) is 6.04 Å². The van der Waals surface area contributed by atoms with Gasteiger partial charge in [-0.15, -0.1) is 0 Å². The molecule has 0 aliphatic carbocycles. The Morgan fingerprint density at radius 2 is 1.92 bits per heavy atom. The van der Waals surface area contributed by atoms with Crippen LogP contribution in [0.2, 0.25) is 0 Å². The molecule has 136 valence electrons. The highest BCUT2D eigenvalue weighted by molar-refractivity contribution is 7.89. The molecule has 0 aliphatic heterocycles. The first kappa shape index (κ1) is 20.2. The van der Waals surface area contributed by atoms with E-state index in [0.717, 1.165) is 12.8 Å². The van der Waals surface area contributed by atoms with E-state index < -0.39 is 16.1 Å². The van der Waals surface area contributed by atoms with Crippen LogP contribution in [0.1, 0.15) is 40.5 Å². The Kier molecular flexibility index (Phi) is 8.00. The van der Waals surface area contributed by atoms with Crippen molar-refractivity contribution in [3.05, 3.63) is 18.2 Å². The second-order valence-electron chi connectivity index (χ2n) is 5.25. The zero-order chi connectivity index (χ0) is 18.2. The molecule has 0 saturated heterocycles. The van der Waals surface area contributed by atoms with E-state index in [2.05, 4.69) is 10.0 Å². The van der Waals surface area contributed by atoms with Crippen LogP contribution >= 0.6 is 0 Å². The van der Waals surface area contributed by atoms with E-state index in [1.807, 2.05) is 13.8 Å². The standard InChI is InChI=1S/C16H26N2O5S/c1-5-8-12(4)18-24(20,21)13-9-10-15(22-6-2)14(11-13)17-16(19)23-7-3/h9-12,18H,5-8H2,1-4H3,(H,17,19)/t12-/m1/s1. The summed E-state index contributed by atoms with van der Waals surface area (Å²) in [7, 11) is -3.68. The largest absolute Gasteiger partial charge is 0.492 e. The topological polar surface area (TPSA) is 93.7 Å². The number of ether oxygens (including phenoxy) is 2. The van der Waals surface area contributed by atoms with Crippen LogP contribution in [0.15, 0.2) is 23.1 Å². The van der Waals surface area contributed by atoms with Crippen molar-refractivity contribution in [2.45, 2.75) is 51.5 Å². The number of nitrogens with one attached hydrogen (secondary N) is 2. The third kappa shape index (κ3) is 6.01. The zero-order valence-electron chi connectivity index (χ0n) is 14.6. The summed E-state index contributed by atoms with van der Waals surface area (Å²) in [5, 5.41) is 2.51. The number of rotatable bonds is 9. The number of hydrogen-bond donors (Lipinski definition) is 2. The Morgan fingerprint density at radius 1 is 1.21 bits per heavy atom. The van der Waals surface area contributed by atoms with Crippen molar-refractivity contribution in [3.63, 3.8) is 0 Å². The SMILES string of the molecule is CCC[C@@H](C)NS(=O)(=O)c1ccc(OCC)c(NC(=O)OCC)c1. The van der Waals surface area contributed by atoms with Gasteiger partial charge in [0.1, 0.15) is 5.75 Å². The molecule has 2 N–H and O–H groups in total. The highest BCUT2D eigenvalue weighted by Gasteiger charge is 2.20. The van der Waals surface area contributed by atoms with Gasteiger partial charge in [-0.3, -0.25) is 5.32 Å². The van der Waals surface area contributed by atoms with Gasteiger partial charge in [-0.05, 0) is 45.4 Å². The third-order valence-electron chi connectivity index (χ3n) is 3.15. The minimum Gasteiger partial charge on any atom is -0.492 e. The van der Waals surface area contributed by atoms with Crippen LogP contribution in [-0.2, 0) is 14.8 Å². The van der Waals surface area contributed by atoms with Crippen molar-refractivity contribution in [1.82, 2.24) is 4.72 Å². The lowest BCUT2D eigenvalue weighted by atomic mass is 10.2. The van der Waals surface area contributed by atoms with Crippen molar-refractivity contribution in [2.24, 2.45) is 0 Å². The summed E-state index contributed by atoms with van der Waals surface area (Å²) in [5.41, 5.74) is 0.251. The maximum absolute atomic E-state index is 12.5. The molecule has 0 unspecified atom stereocenters. The average molecular weight is 358 g/mol. The monoisotopic (exact) mass is 358 g/mol. The van der Waals surface area contributed by atoms with Gasteiger partial charge >= 0.3 is 6.09 Å². The second-order valence-corrected chi connectivity index (χ2v) is 6.96. The fourth-order valence-corrected chi connectivity index (χ4v) is 3.46. The number of hydrogen-bond acceptors (Lipinski definition) is 5. The minimum atomic E-state index is -3.68. The smallest absolute Gasteiger partial charge is 0.411 e. The average Bonchev–Trinajstić information content (AvgIpc) is 2.49. The minimum absolute atomic E-state index is 0.0562. The molecule has 7 nitrogen and oxygen atoms in total. The molecule has 8 heteroatoms. The molecule has 24 heavy (non-hydrogen) atoms. The van der Waals surface area contributed by atoms with Crippen molar-refractivity contribution in [3.8, 4) is 5.75 Å². The van der Waals surface area contributed by atoms with Gasteiger partial charge in [-0.2, -0.15) is 0 Å². The first-order valence-corrected chi connectivity index (χ1v) is 9.55. The fourth-order valence-electron chi connectivity index (χ4n) is 2.16. The van der Waals surface area contributed by atoms with Crippen LogP contribution in [0.25, 0.3) is 0 Å². The van der Waals surface area contributed by atoms with Crippen LogP contribution in [0.5, 0.6) is 5.75 Å². The van der Waals surface area contributed by atoms with Gasteiger partial charge in [0.05, 0.1) is 23.8 Å². The Balaban J connectivity index is 3.10. The number of carbonyl (C=O) groups is 1. The molecule has 0 spiro atoms. The lowest BCUT2D eigenvalue weighted by molar-refractivity contribution is 0.167. The van der Waals surface area contributed by atoms with Crippen LogP contribution in [-0.4, -0.2) is 33.8 Å². The van der Waals surface area contributed by atoms with Gasteiger partial charge in [-0.1, -0.05) is 13.3 Å². The molecular weight excluding hydrogens is 332 g/mol. The van der Waals surface area contributed by atoms with Crippen LogP contribution in [0.3, 0.4) is 0 Å². The molecule has 0 saturated carbocycles. The van der Waals surface area contributed by atoms with Crippen molar-refractivity contribution >= 4 is 21.8 Å². The van der Waals surface area contributed by atoms with Crippen molar-refractivity contribution in [2.75, 3.05) is 18.5 Å². The van der Waals surface area contributed by atoms with E-state index in [9.17, 15) is 13.2 Å². The number of benzene rings is 1. The summed E-state index contributed by atoms with van der Waals surface area (Å²) >= 11 is 0. The van der Waals surface area contributed by atoms with E-state index in [-0.39, 0.29) is 23.2 Å². The predicted molar refractivity (Wildman–Crippen MR) is 92.9 cm³/mol. The molecule has 0 aromatic heterocycles. The predicted octanol–water partition coefficient (Wildman–Crippen LogP) is 3.12. The second kappa shape index (κ2) is 9.48. The van der Waals surface area contributed by atoms with Crippen LogP contribution < -0.4 is 14.8 Å². The Bertz CT molecular complexity index is 646. The molecule has 0 heterocycles. The van der Waals surface area contributed by atoms with E-state index in [1.54, 1.807) is 13.8 Å². The number of amides is 1. The lowest BCUT2D eigenvalue weighted by Gasteiger charge is -2.16. The quantitative estimate of drug-likeness (QED) is 0.707. The molecule has 0 aliphatic rings. The van der Waals surface area contributed by atoms with Gasteiger partial charge in [0.15, 0.2) is 0 Å². The van der Waals surface area contributed by atoms with Gasteiger partial charge in [-0.25, -0.2) is 17.9 Å². The molecule has 0 radical (unpaired) electrons. The molecule has 0 fully saturated rings. The first-order valence-electron chi connectivity index (χ1n) is 8.06. The highest BCUT2D eigenvalue weighted by atomic mass is 32.2. The summed E-state index contributed by atoms with van der Waals surface area (Å²) < 4.78 is 37.8. The molecule has 0 bridgehead atoms. The van der Waals surface area contributed by atoms with Crippen molar-refractivity contribution < 1.29 is 22.7 Å². The Morgan fingerprint density at radius 3 is 2.50 bits per heavy atom. The number of carbonyl (C=O) groups excluding carboxylic acids is 1. The zero-order valence-corrected chi connectivity index (χ0v) is 15.4. The summed E-state index contributed by atoms with van der Waals surface area (Å²) in [4.78, 5) is 11.7. The highest BCUT2D eigenvalue weighted by Crippen LogP contribution is 2.28. The molecule has 1 aromatic carbocycles. The van der Waals surface area contributed by atoms with E-state index in [1.165, 1.54) is 18.2 Å². The van der Waals surface area contributed by atoms with Crippen LogP contribution in [0, 0.1) is 0 Å².